The second-order valence-corrected chi connectivity index (χ2v) is 4.59. The lowest BCUT2D eigenvalue weighted by molar-refractivity contribution is 0.528. The Morgan fingerprint density at radius 2 is 2.05 bits per heavy atom. The molecule has 0 atom stereocenters. The fourth-order valence-electron chi connectivity index (χ4n) is 2.34. The maximum absolute atomic E-state index is 11.5. The number of benzene rings is 1. The summed E-state index contributed by atoms with van der Waals surface area (Å²) in [5, 5.41) is 4.19. The number of fused-ring (bicyclic) bond motifs is 1. The summed E-state index contributed by atoms with van der Waals surface area (Å²) >= 11 is 0. The molecule has 6 heteroatoms. The van der Waals surface area contributed by atoms with Crippen LogP contribution in [0.4, 0.5) is 5.82 Å². The normalized spacial score (nSPS) is 11.3. The van der Waals surface area contributed by atoms with Crippen LogP contribution in [0.15, 0.2) is 27.4 Å². The number of aryl methyl sites for hydroxylation is 2. The fraction of sp³-hybridized carbons (Fsp3) is 0.231. The van der Waals surface area contributed by atoms with Gasteiger partial charge in [0, 0.05) is 25.2 Å². The zero-order valence-electron chi connectivity index (χ0n) is 11.0. The van der Waals surface area contributed by atoms with Gasteiger partial charge in [0.2, 0.25) is 0 Å². The first-order valence-electron chi connectivity index (χ1n) is 5.88. The van der Waals surface area contributed by atoms with Crippen molar-refractivity contribution in [2.45, 2.75) is 6.92 Å². The van der Waals surface area contributed by atoms with E-state index in [0.717, 1.165) is 22.3 Å². The number of hydrogen-bond donors (Lipinski definition) is 1. The molecule has 0 unspecified atom stereocenters. The van der Waals surface area contributed by atoms with Gasteiger partial charge in [0.15, 0.2) is 5.58 Å². The van der Waals surface area contributed by atoms with Crippen LogP contribution in [0.1, 0.15) is 5.56 Å². The maximum Gasteiger partial charge on any atom is 0.419 e. The zero-order chi connectivity index (χ0) is 13.7. The van der Waals surface area contributed by atoms with Crippen molar-refractivity contribution >= 4 is 16.9 Å². The summed E-state index contributed by atoms with van der Waals surface area (Å²) in [5.41, 5.74) is 9.90. The van der Waals surface area contributed by atoms with E-state index in [0.29, 0.717) is 11.4 Å². The second kappa shape index (κ2) is 3.74. The molecule has 0 aliphatic heterocycles. The Labute approximate surface area is 109 Å². The zero-order valence-corrected chi connectivity index (χ0v) is 11.0. The predicted molar refractivity (Wildman–Crippen MR) is 72.8 cm³/mol. The van der Waals surface area contributed by atoms with Crippen LogP contribution < -0.4 is 11.5 Å². The van der Waals surface area contributed by atoms with Gasteiger partial charge in [0.05, 0.1) is 11.2 Å². The molecule has 0 bridgehead atoms. The lowest BCUT2D eigenvalue weighted by atomic mass is 10.1. The monoisotopic (exact) mass is 258 g/mol. The molecule has 0 saturated carbocycles. The number of anilines is 1. The maximum atomic E-state index is 11.5. The molecule has 2 aromatic heterocycles. The van der Waals surface area contributed by atoms with E-state index in [1.54, 1.807) is 11.7 Å². The number of nitrogens with zero attached hydrogens (tertiary/aromatic N) is 3. The largest absolute Gasteiger partial charge is 0.419 e. The molecule has 0 aliphatic rings. The van der Waals surface area contributed by atoms with Crippen molar-refractivity contribution < 1.29 is 4.42 Å². The van der Waals surface area contributed by atoms with Crippen LogP contribution in [0.5, 0.6) is 0 Å². The van der Waals surface area contributed by atoms with E-state index in [1.807, 2.05) is 32.2 Å². The van der Waals surface area contributed by atoms with E-state index in [9.17, 15) is 4.79 Å². The van der Waals surface area contributed by atoms with E-state index in [2.05, 4.69) is 5.10 Å². The molecule has 0 saturated heterocycles. The summed E-state index contributed by atoms with van der Waals surface area (Å²) in [4.78, 5) is 11.5. The van der Waals surface area contributed by atoms with E-state index in [4.69, 9.17) is 10.2 Å². The molecule has 3 aromatic rings. The first kappa shape index (κ1) is 11.6. The van der Waals surface area contributed by atoms with Gasteiger partial charge in [0.1, 0.15) is 5.82 Å². The first-order chi connectivity index (χ1) is 8.99. The summed E-state index contributed by atoms with van der Waals surface area (Å²) < 4.78 is 8.40. The molecule has 0 aliphatic carbocycles. The molecule has 0 spiro atoms. The molecule has 0 fully saturated rings. The molecule has 19 heavy (non-hydrogen) atoms. The Morgan fingerprint density at radius 3 is 2.68 bits per heavy atom. The minimum absolute atomic E-state index is 0.367. The van der Waals surface area contributed by atoms with E-state index in [1.165, 1.54) is 4.57 Å². The number of rotatable bonds is 1. The topological polar surface area (TPSA) is 79.0 Å². The van der Waals surface area contributed by atoms with Crippen LogP contribution in [-0.4, -0.2) is 14.3 Å². The van der Waals surface area contributed by atoms with Crippen molar-refractivity contribution in [1.82, 2.24) is 14.3 Å². The Morgan fingerprint density at radius 1 is 1.32 bits per heavy atom. The molecule has 0 radical (unpaired) electrons. The van der Waals surface area contributed by atoms with Gasteiger partial charge in [-0.15, -0.1) is 0 Å². The minimum Gasteiger partial charge on any atom is -0.408 e. The summed E-state index contributed by atoms with van der Waals surface area (Å²) in [6.45, 7) is 1.92. The second-order valence-electron chi connectivity index (χ2n) is 4.59. The van der Waals surface area contributed by atoms with Gasteiger partial charge in [-0.3, -0.25) is 9.25 Å². The Kier molecular flexibility index (Phi) is 2.28. The van der Waals surface area contributed by atoms with Gasteiger partial charge in [0.25, 0.3) is 0 Å². The summed E-state index contributed by atoms with van der Waals surface area (Å²) in [7, 11) is 3.52. The standard InChI is InChI=1S/C13H14N4O2/c1-7-11(17(3)15-12(7)14)8-4-5-9-10(6-8)19-13(18)16(9)2/h4-6H,1-3H3,(H2,14,15). The van der Waals surface area contributed by atoms with Crippen LogP contribution in [0.2, 0.25) is 0 Å². The third-order valence-corrected chi connectivity index (χ3v) is 3.39. The van der Waals surface area contributed by atoms with Gasteiger partial charge in [-0.05, 0) is 19.1 Å². The molecule has 2 heterocycles. The number of nitrogen functional groups attached to an aromatic ring is 1. The van der Waals surface area contributed by atoms with Crippen molar-refractivity contribution in [3.05, 3.63) is 34.3 Å². The Bertz CT molecular complexity index is 838. The quantitative estimate of drug-likeness (QED) is 0.716. The summed E-state index contributed by atoms with van der Waals surface area (Å²) in [5.74, 6) is 0.139. The minimum atomic E-state index is -0.367. The van der Waals surface area contributed by atoms with Gasteiger partial charge in [-0.2, -0.15) is 5.10 Å². The lowest BCUT2D eigenvalue weighted by Gasteiger charge is -2.03. The smallest absolute Gasteiger partial charge is 0.408 e. The van der Waals surface area contributed by atoms with E-state index < -0.39 is 0 Å². The average Bonchev–Trinajstić information content (AvgIpc) is 2.78. The number of nitrogens with two attached hydrogens (primary N) is 1. The molecular formula is C13H14N4O2. The molecule has 6 nitrogen and oxygen atoms in total. The van der Waals surface area contributed by atoms with E-state index in [-0.39, 0.29) is 5.76 Å². The fourth-order valence-corrected chi connectivity index (χ4v) is 2.34. The highest BCUT2D eigenvalue weighted by molar-refractivity contribution is 5.81. The van der Waals surface area contributed by atoms with Crippen molar-refractivity contribution in [3.8, 4) is 11.3 Å². The number of aromatic nitrogens is 3. The van der Waals surface area contributed by atoms with Crippen molar-refractivity contribution in [3.63, 3.8) is 0 Å². The summed E-state index contributed by atoms with van der Waals surface area (Å²) in [6, 6.07) is 5.62. The van der Waals surface area contributed by atoms with Gasteiger partial charge < -0.3 is 10.2 Å². The van der Waals surface area contributed by atoms with Crippen LogP contribution in [0.25, 0.3) is 22.4 Å². The van der Waals surface area contributed by atoms with Crippen LogP contribution in [0.3, 0.4) is 0 Å². The highest BCUT2D eigenvalue weighted by Gasteiger charge is 2.14. The Hall–Kier alpha value is -2.50. The lowest BCUT2D eigenvalue weighted by Crippen LogP contribution is -2.08. The molecule has 98 valence electrons. The van der Waals surface area contributed by atoms with E-state index >= 15 is 0 Å². The molecule has 2 N–H and O–H groups in total. The van der Waals surface area contributed by atoms with Crippen LogP contribution in [0, 0.1) is 6.92 Å². The third kappa shape index (κ3) is 1.56. The third-order valence-electron chi connectivity index (χ3n) is 3.39. The molecule has 0 amide bonds. The highest BCUT2D eigenvalue weighted by Crippen LogP contribution is 2.28. The van der Waals surface area contributed by atoms with Crippen molar-refractivity contribution in [2.75, 3.05) is 5.73 Å². The van der Waals surface area contributed by atoms with Crippen LogP contribution in [-0.2, 0) is 14.1 Å². The summed E-state index contributed by atoms with van der Waals surface area (Å²) in [6.07, 6.45) is 0. The van der Waals surface area contributed by atoms with Gasteiger partial charge >= 0.3 is 5.76 Å². The molecule has 3 rings (SSSR count). The average molecular weight is 258 g/mol. The van der Waals surface area contributed by atoms with Crippen molar-refractivity contribution in [2.24, 2.45) is 14.1 Å². The molecular weight excluding hydrogens is 244 g/mol. The number of hydrogen-bond acceptors (Lipinski definition) is 4. The molecule has 1 aromatic carbocycles. The van der Waals surface area contributed by atoms with Gasteiger partial charge in [-0.25, -0.2) is 4.79 Å². The Balaban J connectivity index is 2.29. The first-order valence-corrected chi connectivity index (χ1v) is 5.88. The number of oxazole rings is 1. The predicted octanol–water partition coefficient (Wildman–Crippen LogP) is 1.42. The van der Waals surface area contributed by atoms with Gasteiger partial charge in [-0.1, -0.05) is 6.07 Å². The SMILES string of the molecule is Cc1c(N)nn(C)c1-c1ccc2c(c1)oc(=O)n2C. The van der Waals surface area contributed by atoms with Crippen LogP contribution >= 0.6 is 0 Å². The van der Waals surface area contributed by atoms with Crippen molar-refractivity contribution in [1.29, 1.82) is 0 Å². The highest BCUT2D eigenvalue weighted by atomic mass is 16.4.